The van der Waals surface area contributed by atoms with E-state index in [1.807, 2.05) is 39.8 Å². The number of carbonyl (C=O) groups excluding carboxylic acids is 1. The highest BCUT2D eigenvalue weighted by Gasteiger charge is 2.15. The van der Waals surface area contributed by atoms with E-state index in [2.05, 4.69) is 16.8 Å². The summed E-state index contributed by atoms with van der Waals surface area (Å²) >= 11 is 0. The van der Waals surface area contributed by atoms with Gasteiger partial charge in [-0.15, -0.1) is 0 Å². The zero-order chi connectivity index (χ0) is 17.6. The van der Waals surface area contributed by atoms with Crippen LogP contribution in [-0.2, 0) is 11.3 Å². The van der Waals surface area contributed by atoms with Gasteiger partial charge in [0.25, 0.3) is 5.91 Å². The molecule has 0 aliphatic heterocycles. The number of aromatic nitrogens is 1. The second-order valence-electron chi connectivity index (χ2n) is 6.17. The average Bonchev–Trinajstić information content (AvgIpc) is 2.77. The van der Waals surface area contributed by atoms with Gasteiger partial charge in [0.05, 0.1) is 6.10 Å². The Balaban J connectivity index is 2.93. The molecule has 1 amide bonds. The molecule has 0 radical (unpaired) electrons. The van der Waals surface area contributed by atoms with Gasteiger partial charge in [-0.1, -0.05) is 20.8 Å². The molecule has 23 heavy (non-hydrogen) atoms. The number of nitriles is 1. The highest BCUT2D eigenvalue weighted by atomic mass is 16.3. The van der Waals surface area contributed by atoms with E-state index in [-0.39, 0.29) is 18.0 Å². The summed E-state index contributed by atoms with van der Waals surface area (Å²) in [6.07, 6.45) is 2.03. The minimum atomic E-state index is -0.617. The maximum atomic E-state index is 12.1. The first-order chi connectivity index (χ1) is 10.8. The van der Waals surface area contributed by atoms with Crippen LogP contribution in [0.3, 0.4) is 0 Å². The molecule has 1 aromatic heterocycles. The Morgan fingerprint density at radius 1 is 1.48 bits per heavy atom. The fourth-order valence-electron chi connectivity index (χ4n) is 2.37. The summed E-state index contributed by atoms with van der Waals surface area (Å²) in [5.41, 5.74) is 3.10. The van der Waals surface area contributed by atoms with Gasteiger partial charge in [-0.2, -0.15) is 5.26 Å². The zero-order valence-corrected chi connectivity index (χ0v) is 14.7. The van der Waals surface area contributed by atoms with Crippen molar-refractivity contribution in [2.24, 2.45) is 5.92 Å². The third kappa shape index (κ3) is 4.97. The Kier molecular flexibility index (Phi) is 7.05. The number of aliphatic hydroxyl groups excluding tert-OH is 1. The molecule has 1 rings (SSSR count). The van der Waals surface area contributed by atoms with Gasteiger partial charge in [-0.25, -0.2) is 0 Å². The highest BCUT2D eigenvalue weighted by Crippen LogP contribution is 2.18. The molecule has 2 N–H and O–H groups in total. The van der Waals surface area contributed by atoms with Crippen LogP contribution in [-0.4, -0.2) is 28.2 Å². The van der Waals surface area contributed by atoms with Gasteiger partial charge >= 0.3 is 0 Å². The maximum absolute atomic E-state index is 12.1. The van der Waals surface area contributed by atoms with Crippen LogP contribution < -0.4 is 5.32 Å². The Labute approximate surface area is 138 Å². The lowest BCUT2D eigenvalue weighted by Crippen LogP contribution is -2.35. The molecule has 1 aromatic rings. The fraction of sp³-hybridized carbons (Fsp3) is 0.556. The van der Waals surface area contributed by atoms with Gasteiger partial charge in [-0.3, -0.25) is 4.79 Å². The number of carbonyl (C=O) groups is 1. The minimum Gasteiger partial charge on any atom is -0.391 e. The molecule has 1 atom stereocenters. The first-order valence-corrected chi connectivity index (χ1v) is 8.06. The van der Waals surface area contributed by atoms with Crippen LogP contribution in [0.5, 0.6) is 0 Å². The number of rotatable bonds is 7. The topological polar surface area (TPSA) is 78.0 Å². The van der Waals surface area contributed by atoms with Crippen molar-refractivity contribution in [1.82, 2.24) is 9.88 Å². The van der Waals surface area contributed by atoms with Crippen LogP contribution in [0.2, 0.25) is 0 Å². The normalized spacial score (nSPS) is 13.0. The van der Waals surface area contributed by atoms with Crippen LogP contribution in [0.15, 0.2) is 11.6 Å². The van der Waals surface area contributed by atoms with Gasteiger partial charge in [0.15, 0.2) is 0 Å². The summed E-state index contributed by atoms with van der Waals surface area (Å²) < 4.78 is 2.18. The van der Waals surface area contributed by atoms with E-state index in [1.165, 1.54) is 0 Å². The van der Waals surface area contributed by atoms with Crippen LogP contribution in [0.4, 0.5) is 0 Å². The highest BCUT2D eigenvalue weighted by molar-refractivity contribution is 6.01. The van der Waals surface area contributed by atoms with Crippen molar-refractivity contribution in [2.75, 3.05) is 6.54 Å². The Bertz CT molecular complexity index is 621. The lowest BCUT2D eigenvalue weighted by Gasteiger charge is -2.14. The van der Waals surface area contributed by atoms with Crippen molar-refractivity contribution in [1.29, 1.82) is 5.26 Å². The molecule has 1 heterocycles. The van der Waals surface area contributed by atoms with Crippen molar-refractivity contribution >= 4 is 12.0 Å². The standard InChI is InChI=1S/C18H27N3O2/c1-6-7-21-13(4)8-15(14(21)5)9-16(10-19)18(23)20-11-17(22)12(2)3/h8-9,12,17,22H,6-7,11H2,1-5H3,(H,20,23)/b16-9-. The van der Waals surface area contributed by atoms with Crippen molar-refractivity contribution in [3.63, 3.8) is 0 Å². The van der Waals surface area contributed by atoms with E-state index in [1.54, 1.807) is 6.08 Å². The molecule has 5 nitrogen and oxygen atoms in total. The lowest BCUT2D eigenvalue weighted by molar-refractivity contribution is -0.117. The second kappa shape index (κ2) is 8.54. The molecule has 0 saturated carbocycles. The van der Waals surface area contributed by atoms with Crippen molar-refractivity contribution in [3.8, 4) is 6.07 Å². The molecule has 0 aliphatic rings. The van der Waals surface area contributed by atoms with E-state index in [0.29, 0.717) is 0 Å². The van der Waals surface area contributed by atoms with E-state index in [0.717, 1.165) is 29.9 Å². The smallest absolute Gasteiger partial charge is 0.262 e. The third-order valence-corrected chi connectivity index (χ3v) is 3.97. The Hall–Kier alpha value is -2.06. The van der Waals surface area contributed by atoms with Crippen LogP contribution in [0, 0.1) is 31.1 Å². The number of amides is 1. The first kappa shape index (κ1) is 19.0. The molecule has 0 fully saturated rings. The van der Waals surface area contributed by atoms with E-state index < -0.39 is 12.0 Å². The SMILES string of the molecule is CCCn1c(C)cc(/C=C(/C#N)C(=O)NCC(O)C(C)C)c1C. The summed E-state index contributed by atoms with van der Waals surface area (Å²) in [6, 6.07) is 3.93. The van der Waals surface area contributed by atoms with Crippen LogP contribution in [0.1, 0.15) is 44.1 Å². The average molecular weight is 317 g/mol. The van der Waals surface area contributed by atoms with E-state index in [4.69, 9.17) is 0 Å². The summed E-state index contributed by atoms with van der Waals surface area (Å²) in [7, 11) is 0. The molecule has 0 spiro atoms. The lowest BCUT2D eigenvalue weighted by atomic mass is 10.1. The fourth-order valence-corrected chi connectivity index (χ4v) is 2.37. The number of hydrogen-bond acceptors (Lipinski definition) is 3. The monoisotopic (exact) mass is 317 g/mol. The summed E-state index contributed by atoms with van der Waals surface area (Å²) in [4.78, 5) is 12.1. The Morgan fingerprint density at radius 3 is 2.65 bits per heavy atom. The quantitative estimate of drug-likeness (QED) is 0.599. The molecule has 0 aromatic carbocycles. The van der Waals surface area contributed by atoms with Crippen molar-refractivity contribution in [3.05, 3.63) is 28.6 Å². The van der Waals surface area contributed by atoms with Gasteiger partial charge in [0.2, 0.25) is 0 Å². The van der Waals surface area contributed by atoms with Crippen LogP contribution in [0.25, 0.3) is 6.08 Å². The minimum absolute atomic E-state index is 0.0534. The second-order valence-corrected chi connectivity index (χ2v) is 6.17. The maximum Gasteiger partial charge on any atom is 0.262 e. The van der Waals surface area contributed by atoms with Gasteiger partial charge < -0.3 is 15.0 Å². The number of nitrogens with one attached hydrogen (secondary N) is 1. The number of aliphatic hydroxyl groups is 1. The van der Waals surface area contributed by atoms with E-state index in [9.17, 15) is 15.2 Å². The van der Waals surface area contributed by atoms with Crippen molar-refractivity contribution < 1.29 is 9.90 Å². The third-order valence-electron chi connectivity index (χ3n) is 3.97. The molecule has 0 aliphatic carbocycles. The van der Waals surface area contributed by atoms with Crippen molar-refractivity contribution in [2.45, 2.75) is 53.7 Å². The molecule has 126 valence electrons. The Morgan fingerprint density at radius 2 is 2.13 bits per heavy atom. The molecule has 0 saturated heterocycles. The number of aryl methyl sites for hydroxylation is 1. The molecule has 5 heteroatoms. The summed E-state index contributed by atoms with van der Waals surface area (Å²) in [5.74, 6) is -0.398. The number of nitrogens with zero attached hydrogens (tertiary/aromatic N) is 2. The van der Waals surface area contributed by atoms with E-state index >= 15 is 0 Å². The number of hydrogen-bond donors (Lipinski definition) is 2. The summed E-state index contributed by atoms with van der Waals surface area (Å²) in [6.45, 7) is 10.9. The summed E-state index contributed by atoms with van der Waals surface area (Å²) in [5, 5.41) is 21.6. The zero-order valence-electron chi connectivity index (χ0n) is 14.7. The molecule has 0 bridgehead atoms. The van der Waals surface area contributed by atoms with Crippen LogP contribution >= 0.6 is 0 Å². The van der Waals surface area contributed by atoms with Gasteiger partial charge in [-0.05, 0) is 43.9 Å². The predicted molar refractivity (Wildman–Crippen MR) is 91.6 cm³/mol. The predicted octanol–water partition coefficient (Wildman–Crippen LogP) is 2.56. The largest absolute Gasteiger partial charge is 0.391 e. The molecular formula is C18H27N3O2. The van der Waals surface area contributed by atoms with Gasteiger partial charge in [0, 0.05) is 24.5 Å². The molecular weight excluding hydrogens is 290 g/mol. The first-order valence-electron chi connectivity index (χ1n) is 8.06. The molecule has 1 unspecified atom stereocenters. The van der Waals surface area contributed by atoms with Gasteiger partial charge in [0.1, 0.15) is 11.6 Å².